The first-order chi connectivity index (χ1) is 6.09. The van der Waals surface area contributed by atoms with Crippen molar-refractivity contribution in [2.24, 2.45) is 0 Å². The second-order valence-corrected chi connectivity index (χ2v) is 4.99. The number of benzene rings is 1. The largest absolute Gasteiger partial charge is 0.398 e. The molecule has 0 aliphatic rings. The molecule has 0 aliphatic heterocycles. The van der Waals surface area contributed by atoms with Crippen molar-refractivity contribution in [3.8, 4) is 0 Å². The first kappa shape index (κ1) is 10.7. The molecule has 3 heteroatoms. The normalized spacial score (nSPS) is 10.0. The summed E-state index contributed by atoms with van der Waals surface area (Å²) in [4.78, 5) is 1.13. The van der Waals surface area contributed by atoms with Gasteiger partial charge in [-0.25, -0.2) is 0 Å². The van der Waals surface area contributed by atoms with Gasteiger partial charge in [-0.2, -0.15) is 0 Å². The molecule has 0 radical (unpaired) electrons. The van der Waals surface area contributed by atoms with Crippen molar-refractivity contribution in [3.63, 3.8) is 0 Å². The van der Waals surface area contributed by atoms with E-state index in [4.69, 9.17) is 5.73 Å². The average Bonchev–Trinajstić information content (AvgIpc) is 2.06. The summed E-state index contributed by atoms with van der Waals surface area (Å²) in [5.41, 5.74) is 7.88. The highest BCUT2D eigenvalue weighted by Gasteiger charge is 2.00. The number of aryl methyl sites for hydroxylation is 1. The van der Waals surface area contributed by atoms with Crippen molar-refractivity contribution in [2.45, 2.75) is 11.8 Å². The number of thioether (sulfide) groups is 1. The maximum Gasteiger partial charge on any atom is 0.0452 e. The van der Waals surface area contributed by atoms with Crippen LogP contribution in [0.5, 0.6) is 0 Å². The fourth-order valence-corrected chi connectivity index (χ4v) is 2.08. The molecule has 0 atom stereocenters. The molecule has 2 N–H and O–H groups in total. The van der Waals surface area contributed by atoms with Crippen LogP contribution in [0.25, 0.3) is 0 Å². The predicted octanol–water partition coefficient (Wildman–Crippen LogP) is 3.58. The first-order valence-electron chi connectivity index (χ1n) is 3.92. The highest BCUT2D eigenvalue weighted by molar-refractivity contribution is 9.11. The molecular weight excluding hydrogens is 246 g/mol. The summed E-state index contributed by atoms with van der Waals surface area (Å²) in [6.07, 6.45) is 0. The third kappa shape index (κ3) is 3.44. The molecule has 1 rings (SSSR count). The third-order valence-corrected chi connectivity index (χ3v) is 3.36. The molecule has 0 aromatic heterocycles. The lowest BCUT2D eigenvalue weighted by Gasteiger charge is -2.05. The van der Waals surface area contributed by atoms with Gasteiger partial charge in [-0.15, -0.1) is 11.8 Å². The Morgan fingerprint density at radius 3 is 2.92 bits per heavy atom. The molecule has 1 nitrogen and oxygen atoms in total. The zero-order valence-electron chi connectivity index (χ0n) is 7.51. The van der Waals surface area contributed by atoms with Gasteiger partial charge in [0.15, 0.2) is 0 Å². The lowest BCUT2D eigenvalue weighted by molar-refractivity contribution is 1.36. The Balaban J connectivity index is 2.75. The second kappa shape index (κ2) is 4.72. The molecule has 0 unspecified atom stereocenters. The summed E-state index contributed by atoms with van der Waals surface area (Å²) >= 11 is 5.02. The van der Waals surface area contributed by atoms with E-state index in [1.807, 2.05) is 12.1 Å². The van der Waals surface area contributed by atoms with Crippen LogP contribution in [0.1, 0.15) is 5.56 Å². The van der Waals surface area contributed by atoms with Crippen molar-refractivity contribution in [1.29, 1.82) is 0 Å². The summed E-state index contributed by atoms with van der Waals surface area (Å²) in [5, 5.41) is 0. The first-order valence-corrected chi connectivity index (χ1v) is 5.69. The van der Waals surface area contributed by atoms with Gasteiger partial charge in [-0.3, -0.25) is 0 Å². The summed E-state index contributed by atoms with van der Waals surface area (Å²) in [6.45, 7) is 5.84. The van der Waals surface area contributed by atoms with E-state index in [0.717, 1.165) is 20.8 Å². The van der Waals surface area contributed by atoms with Crippen LogP contribution >= 0.6 is 27.7 Å². The van der Waals surface area contributed by atoms with E-state index >= 15 is 0 Å². The molecular formula is C10H12BrNS. The maximum atomic E-state index is 5.81. The van der Waals surface area contributed by atoms with Gasteiger partial charge < -0.3 is 5.73 Å². The Kier molecular flexibility index (Phi) is 3.88. The van der Waals surface area contributed by atoms with E-state index in [1.165, 1.54) is 5.56 Å². The molecule has 0 heterocycles. The Labute approximate surface area is 91.5 Å². The SMILES string of the molecule is C=C(Br)CSc1cc(C)ccc1N. The van der Waals surface area contributed by atoms with E-state index < -0.39 is 0 Å². The number of nitrogen functional groups attached to an aromatic ring is 1. The van der Waals surface area contributed by atoms with Crippen LogP contribution < -0.4 is 5.73 Å². The molecule has 70 valence electrons. The average molecular weight is 258 g/mol. The van der Waals surface area contributed by atoms with Gasteiger partial charge in [0.2, 0.25) is 0 Å². The van der Waals surface area contributed by atoms with Gasteiger partial charge in [0.25, 0.3) is 0 Å². The molecule has 13 heavy (non-hydrogen) atoms. The monoisotopic (exact) mass is 257 g/mol. The minimum absolute atomic E-state index is 0.837. The van der Waals surface area contributed by atoms with E-state index in [0.29, 0.717) is 0 Å². The van der Waals surface area contributed by atoms with E-state index in [-0.39, 0.29) is 0 Å². The van der Waals surface area contributed by atoms with Crippen molar-refractivity contribution in [1.82, 2.24) is 0 Å². The zero-order chi connectivity index (χ0) is 9.84. The molecule has 0 saturated heterocycles. The summed E-state index contributed by atoms with van der Waals surface area (Å²) < 4.78 is 0.985. The van der Waals surface area contributed by atoms with E-state index in [9.17, 15) is 0 Å². The van der Waals surface area contributed by atoms with Gasteiger partial charge in [0.1, 0.15) is 0 Å². The molecule has 0 saturated carbocycles. The standard InChI is InChI=1S/C10H12BrNS/c1-7-3-4-9(12)10(5-7)13-6-8(2)11/h3-5H,2,6,12H2,1H3. The van der Waals surface area contributed by atoms with Gasteiger partial charge >= 0.3 is 0 Å². The fraction of sp³-hybridized carbons (Fsp3) is 0.200. The van der Waals surface area contributed by atoms with Crippen LogP contribution in [0.3, 0.4) is 0 Å². The Morgan fingerprint density at radius 1 is 1.62 bits per heavy atom. The van der Waals surface area contributed by atoms with Crippen LogP contribution in [0.4, 0.5) is 5.69 Å². The van der Waals surface area contributed by atoms with Gasteiger partial charge in [-0.05, 0) is 29.1 Å². The topological polar surface area (TPSA) is 26.0 Å². The Morgan fingerprint density at radius 2 is 2.31 bits per heavy atom. The molecule has 0 amide bonds. The fourth-order valence-electron chi connectivity index (χ4n) is 0.923. The van der Waals surface area contributed by atoms with Gasteiger partial charge in [0, 0.05) is 16.3 Å². The van der Waals surface area contributed by atoms with Crippen LogP contribution in [0, 0.1) is 6.92 Å². The smallest absolute Gasteiger partial charge is 0.0452 e. The molecule has 0 aliphatic carbocycles. The summed E-state index contributed by atoms with van der Waals surface area (Å²) in [6, 6.07) is 6.05. The molecule has 1 aromatic rings. The maximum absolute atomic E-state index is 5.81. The quantitative estimate of drug-likeness (QED) is 0.662. The molecule has 1 aromatic carbocycles. The molecule has 0 spiro atoms. The molecule has 0 bridgehead atoms. The minimum atomic E-state index is 0.837. The van der Waals surface area contributed by atoms with Crippen molar-refractivity contribution in [3.05, 3.63) is 34.8 Å². The highest BCUT2D eigenvalue weighted by atomic mass is 79.9. The number of hydrogen-bond acceptors (Lipinski definition) is 2. The number of anilines is 1. The third-order valence-electron chi connectivity index (χ3n) is 1.55. The van der Waals surface area contributed by atoms with Crippen LogP contribution in [-0.4, -0.2) is 5.75 Å². The van der Waals surface area contributed by atoms with Crippen molar-refractivity contribution < 1.29 is 0 Å². The summed E-state index contributed by atoms with van der Waals surface area (Å²) in [7, 11) is 0. The van der Waals surface area contributed by atoms with Crippen molar-refractivity contribution >= 4 is 33.4 Å². The van der Waals surface area contributed by atoms with Gasteiger partial charge in [-0.1, -0.05) is 28.6 Å². The lowest BCUT2D eigenvalue weighted by atomic mass is 10.2. The number of hydrogen-bond donors (Lipinski definition) is 1. The van der Waals surface area contributed by atoms with Crippen LogP contribution in [-0.2, 0) is 0 Å². The van der Waals surface area contributed by atoms with E-state index in [1.54, 1.807) is 11.8 Å². The lowest BCUT2D eigenvalue weighted by Crippen LogP contribution is -1.89. The number of rotatable bonds is 3. The van der Waals surface area contributed by atoms with Gasteiger partial charge in [0.05, 0.1) is 0 Å². The van der Waals surface area contributed by atoms with Crippen molar-refractivity contribution in [2.75, 3.05) is 11.5 Å². The number of halogens is 1. The Bertz CT molecular complexity index is 323. The summed E-state index contributed by atoms with van der Waals surface area (Å²) in [5.74, 6) is 0.855. The second-order valence-electron chi connectivity index (χ2n) is 2.85. The van der Waals surface area contributed by atoms with Crippen LogP contribution in [0.15, 0.2) is 34.2 Å². The molecule has 0 fully saturated rings. The minimum Gasteiger partial charge on any atom is -0.398 e. The highest BCUT2D eigenvalue weighted by Crippen LogP contribution is 2.28. The van der Waals surface area contributed by atoms with Crippen LogP contribution in [0.2, 0.25) is 0 Å². The Hall–Kier alpha value is -0.410. The zero-order valence-corrected chi connectivity index (χ0v) is 9.91. The van der Waals surface area contributed by atoms with E-state index in [2.05, 4.69) is 35.5 Å². The predicted molar refractivity (Wildman–Crippen MR) is 64.4 cm³/mol. The number of nitrogens with two attached hydrogens (primary N) is 1.